The topological polar surface area (TPSA) is 105 Å². The first-order chi connectivity index (χ1) is 12.7. The summed E-state index contributed by atoms with van der Waals surface area (Å²) in [7, 11) is 1.24. The van der Waals surface area contributed by atoms with Gasteiger partial charge in [0.2, 0.25) is 10.0 Å². The molecule has 2 aromatic carbocycles. The van der Waals surface area contributed by atoms with E-state index in [-0.39, 0.29) is 22.3 Å². The van der Waals surface area contributed by atoms with Gasteiger partial charge in [-0.05, 0) is 44.9 Å². The molecule has 8 nitrogen and oxygen atoms in total. The van der Waals surface area contributed by atoms with Gasteiger partial charge in [0.25, 0.3) is 5.69 Å². The van der Waals surface area contributed by atoms with Crippen LogP contribution in [0, 0.1) is 10.1 Å². The number of halogens is 1. The van der Waals surface area contributed by atoms with E-state index in [2.05, 4.69) is 10.0 Å². The van der Waals surface area contributed by atoms with Crippen molar-refractivity contribution in [3.05, 3.63) is 63.2 Å². The molecule has 2 N–H and O–H groups in total. The first kappa shape index (κ1) is 21.1. The van der Waals surface area contributed by atoms with Crippen molar-refractivity contribution in [3.63, 3.8) is 0 Å². The average Bonchev–Trinajstić information content (AvgIpc) is 2.62. The molecule has 2 rings (SSSR count). The lowest BCUT2D eigenvalue weighted by molar-refractivity contribution is -0.384. The predicted molar refractivity (Wildman–Crippen MR) is 106 cm³/mol. The third kappa shape index (κ3) is 4.95. The molecule has 0 saturated heterocycles. The summed E-state index contributed by atoms with van der Waals surface area (Å²) in [5.74, 6) is 0. The minimum atomic E-state index is -3.77. The largest absolute Gasteiger partial charge is 0.378 e. The van der Waals surface area contributed by atoms with Crippen molar-refractivity contribution in [1.82, 2.24) is 9.62 Å². The second-order valence-corrected chi connectivity index (χ2v) is 8.32. The Morgan fingerprint density at radius 2 is 1.89 bits per heavy atom. The molecule has 0 saturated carbocycles. The smallest absolute Gasteiger partial charge is 0.293 e. The van der Waals surface area contributed by atoms with E-state index in [1.165, 1.54) is 19.2 Å². The van der Waals surface area contributed by atoms with Crippen LogP contribution in [0.4, 0.5) is 11.4 Å². The van der Waals surface area contributed by atoms with Crippen molar-refractivity contribution in [2.24, 2.45) is 0 Å². The summed E-state index contributed by atoms with van der Waals surface area (Å²) in [5, 5.41) is 15.1. The Kier molecular flexibility index (Phi) is 6.77. The minimum Gasteiger partial charge on any atom is -0.378 e. The number of nitrogens with one attached hydrogen (secondary N) is 2. The van der Waals surface area contributed by atoms with E-state index in [1.54, 1.807) is 6.07 Å². The molecular formula is C17H21ClN4O4S. The Morgan fingerprint density at radius 1 is 1.22 bits per heavy atom. The molecule has 0 amide bonds. The minimum absolute atomic E-state index is 0.140. The zero-order valence-corrected chi connectivity index (χ0v) is 16.7. The van der Waals surface area contributed by atoms with Crippen molar-refractivity contribution in [2.75, 3.05) is 33.0 Å². The van der Waals surface area contributed by atoms with Gasteiger partial charge in [-0.25, -0.2) is 13.1 Å². The molecule has 10 heteroatoms. The summed E-state index contributed by atoms with van der Waals surface area (Å²) in [5.41, 5.74) is 0.797. The van der Waals surface area contributed by atoms with Crippen LogP contribution in [0.15, 0.2) is 47.4 Å². The van der Waals surface area contributed by atoms with Crippen molar-refractivity contribution >= 4 is 33.0 Å². The predicted octanol–water partition coefficient (Wildman–Crippen LogP) is 2.87. The molecular weight excluding hydrogens is 392 g/mol. The van der Waals surface area contributed by atoms with E-state index in [1.807, 2.05) is 37.2 Å². The highest BCUT2D eigenvalue weighted by Crippen LogP contribution is 2.30. The van der Waals surface area contributed by atoms with E-state index in [0.29, 0.717) is 11.6 Å². The molecule has 0 aliphatic carbocycles. The molecule has 146 valence electrons. The number of hydrogen-bond donors (Lipinski definition) is 2. The van der Waals surface area contributed by atoms with Crippen LogP contribution < -0.4 is 10.0 Å². The fraction of sp³-hybridized carbons (Fsp3) is 0.294. The summed E-state index contributed by atoms with van der Waals surface area (Å²) < 4.78 is 25.9. The fourth-order valence-electron chi connectivity index (χ4n) is 2.62. The number of anilines is 1. The van der Waals surface area contributed by atoms with Gasteiger partial charge in [-0.15, -0.1) is 0 Å². The SMILES string of the molecule is CNS(=O)(=O)c1ccc(NCC(c2ccccc2Cl)N(C)C)c([N+](=O)[O-])c1. The van der Waals surface area contributed by atoms with Crippen LogP contribution in [0.5, 0.6) is 0 Å². The molecule has 0 aliphatic heterocycles. The lowest BCUT2D eigenvalue weighted by Gasteiger charge is -2.26. The van der Waals surface area contributed by atoms with Gasteiger partial charge in [-0.3, -0.25) is 10.1 Å². The number of nitro benzene ring substituents is 1. The summed E-state index contributed by atoms with van der Waals surface area (Å²) in [6.07, 6.45) is 0. The molecule has 0 radical (unpaired) electrons. The van der Waals surface area contributed by atoms with Gasteiger partial charge in [0.05, 0.1) is 15.9 Å². The Morgan fingerprint density at radius 3 is 2.44 bits per heavy atom. The first-order valence-corrected chi connectivity index (χ1v) is 9.90. The van der Waals surface area contributed by atoms with Gasteiger partial charge in [0.15, 0.2) is 0 Å². The van der Waals surface area contributed by atoms with Crippen molar-refractivity contribution in [1.29, 1.82) is 0 Å². The van der Waals surface area contributed by atoms with Crippen LogP contribution in [0.25, 0.3) is 0 Å². The Balaban J connectivity index is 2.33. The molecule has 0 aromatic heterocycles. The highest BCUT2D eigenvalue weighted by Gasteiger charge is 2.22. The van der Waals surface area contributed by atoms with Crippen LogP contribution in [-0.4, -0.2) is 45.9 Å². The zero-order chi connectivity index (χ0) is 20.2. The second-order valence-electron chi connectivity index (χ2n) is 6.03. The highest BCUT2D eigenvalue weighted by atomic mass is 35.5. The molecule has 27 heavy (non-hydrogen) atoms. The van der Waals surface area contributed by atoms with Crippen molar-refractivity contribution in [2.45, 2.75) is 10.9 Å². The average molecular weight is 413 g/mol. The van der Waals surface area contributed by atoms with E-state index in [9.17, 15) is 18.5 Å². The lowest BCUT2D eigenvalue weighted by atomic mass is 10.1. The van der Waals surface area contributed by atoms with Gasteiger partial charge in [-0.1, -0.05) is 29.8 Å². The van der Waals surface area contributed by atoms with Gasteiger partial charge < -0.3 is 10.2 Å². The summed E-state index contributed by atoms with van der Waals surface area (Å²) >= 11 is 6.28. The lowest BCUT2D eigenvalue weighted by Crippen LogP contribution is -2.27. The monoisotopic (exact) mass is 412 g/mol. The molecule has 0 fully saturated rings. The third-order valence-electron chi connectivity index (χ3n) is 4.12. The molecule has 0 aliphatic rings. The molecule has 0 bridgehead atoms. The van der Waals surface area contributed by atoms with Crippen LogP contribution in [-0.2, 0) is 10.0 Å². The maximum absolute atomic E-state index is 11.9. The number of nitro groups is 1. The molecule has 0 heterocycles. The zero-order valence-electron chi connectivity index (χ0n) is 15.1. The maximum Gasteiger partial charge on any atom is 0.293 e. The summed E-state index contributed by atoms with van der Waals surface area (Å²) in [6.45, 7) is 0.343. The number of likely N-dealkylation sites (N-methyl/N-ethyl adjacent to an activating group) is 1. The van der Waals surface area contributed by atoms with Gasteiger partial charge in [0, 0.05) is 17.6 Å². The summed E-state index contributed by atoms with van der Waals surface area (Å²) in [6, 6.07) is 11.0. The summed E-state index contributed by atoms with van der Waals surface area (Å²) in [4.78, 5) is 12.6. The van der Waals surface area contributed by atoms with Gasteiger partial charge in [-0.2, -0.15) is 0 Å². The van der Waals surface area contributed by atoms with E-state index >= 15 is 0 Å². The Hall–Kier alpha value is -2.20. The van der Waals surface area contributed by atoms with E-state index < -0.39 is 14.9 Å². The number of sulfonamides is 1. The van der Waals surface area contributed by atoms with Crippen molar-refractivity contribution < 1.29 is 13.3 Å². The first-order valence-electron chi connectivity index (χ1n) is 8.04. The molecule has 1 atom stereocenters. The van der Waals surface area contributed by atoms with Crippen LogP contribution in [0.1, 0.15) is 11.6 Å². The van der Waals surface area contributed by atoms with Crippen LogP contribution in [0.2, 0.25) is 5.02 Å². The molecule has 1 unspecified atom stereocenters. The Bertz CT molecular complexity index is 934. The molecule has 2 aromatic rings. The third-order valence-corrected chi connectivity index (χ3v) is 5.87. The number of nitrogens with zero attached hydrogens (tertiary/aromatic N) is 2. The van der Waals surface area contributed by atoms with Crippen LogP contribution in [0.3, 0.4) is 0 Å². The van der Waals surface area contributed by atoms with E-state index in [4.69, 9.17) is 11.6 Å². The van der Waals surface area contributed by atoms with Crippen molar-refractivity contribution in [3.8, 4) is 0 Å². The normalized spacial score (nSPS) is 12.8. The highest BCUT2D eigenvalue weighted by molar-refractivity contribution is 7.89. The number of rotatable bonds is 8. The fourth-order valence-corrected chi connectivity index (χ4v) is 3.63. The maximum atomic E-state index is 11.9. The van der Waals surface area contributed by atoms with E-state index in [0.717, 1.165) is 11.6 Å². The Labute approximate surface area is 163 Å². The second kappa shape index (κ2) is 8.66. The number of benzene rings is 2. The number of hydrogen-bond acceptors (Lipinski definition) is 6. The standard InChI is InChI=1S/C17H21ClN4O4S/c1-19-27(25,26)12-8-9-15(16(10-12)22(23)24)20-11-17(21(2)3)13-6-4-5-7-14(13)18/h4-10,17,19-20H,11H2,1-3H3. The van der Waals surface area contributed by atoms with Crippen LogP contribution >= 0.6 is 11.6 Å². The van der Waals surface area contributed by atoms with Gasteiger partial charge in [0.1, 0.15) is 5.69 Å². The quantitative estimate of drug-likeness (QED) is 0.510. The molecule has 0 spiro atoms. The van der Waals surface area contributed by atoms with Gasteiger partial charge >= 0.3 is 0 Å².